The van der Waals surface area contributed by atoms with Gasteiger partial charge < -0.3 is 9.67 Å². The zero-order chi connectivity index (χ0) is 12.0. The lowest BCUT2D eigenvalue weighted by Crippen LogP contribution is -2.10. The van der Waals surface area contributed by atoms with E-state index in [2.05, 4.69) is 18.2 Å². The number of hydrogen-bond acceptors (Lipinski definition) is 4. The molecule has 4 nitrogen and oxygen atoms in total. The van der Waals surface area contributed by atoms with Crippen molar-refractivity contribution in [2.24, 2.45) is 5.92 Å². The van der Waals surface area contributed by atoms with E-state index in [9.17, 15) is 4.79 Å². The Labute approximate surface area is 104 Å². The third-order valence-electron chi connectivity index (χ3n) is 1.96. The molecule has 16 heavy (non-hydrogen) atoms. The summed E-state index contributed by atoms with van der Waals surface area (Å²) in [5.74, 6) is 0.917. The summed E-state index contributed by atoms with van der Waals surface area (Å²) in [6.07, 6.45) is 5.71. The van der Waals surface area contributed by atoms with E-state index in [1.165, 1.54) is 11.8 Å². The van der Waals surface area contributed by atoms with Crippen molar-refractivity contribution in [2.45, 2.75) is 18.6 Å². The van der Waals surface area contributed by atoms with Crippen LogP contribution in [0.25, 0.3) is 0 Å². The van der Waals surface area contributed by atoms with Gasteiger partial charge in [-0.1, -0.05) is 18.7 Å². The van der Waals surface area contributed by atoms with Crippen LogP contribution >= 0.6 is 23.5 Å². The maximum absolute atomic E-state index is 10.5. The fourth-order valence-electron chi connectivity index (χ4n) is 1.37. The zero-order valence-corrected chi connectivity index (χ0v) is 11.1. The zero-order valence-electron chi connectivity index (χ0n) is 9.42. The van der Waals surface area contributed by atoms with Crippen molar-refractivity contribution in [3.63, 3.8) is 0 Å². The van der Waals surface area contributed by atoms with Gasteiger partial charge in [-0.2, -0.15) is 11.8 Å². The maximum atomic E-state index is 10.5. The molecular formula is C10H16N2O2S2. The second-order valence-corrected chi connectivity index (χ2v) is 5.46. The predicted molar refractivity (Wildman–Crippen MR) is 68.1 cm³/mol. The first-order valence-electron chi connectivity index (χ1n) is 4.98. The van der Waals surface area contributed by atoms with Crippen LogP contribution in [0.1, 0.15) is 6.92 Å². The minimum absolute atomic E-state index is 0.0634. The van der Waals surface area contributed by atoms with Gasteiger partial charge in [-0.3, -0.25) is 4.79 Å². The number of aromatic nitrogens is 2. The smallest absolute Gasteiger partial charge is 0.313 e. The van der Waals surface area contributed by atoms with Crippen LogP contribution in [0.2, 0.25) is 0 Å². The highest BCUT2D eigenvalue weighted by Crippen LogP contribution is 2.17. The van der Waals surface area contributed by atoms with Crippen molar-refractivity contribution in [2.75, 3.05) is 17.8 Å². The van der Waals surface area contributed by atoms with Gasteiger partial charge in [0.1, 0.15) is 0 Å². The van der Waals surface area contributed by atoms with Crippen LogP contribution in [0.4, 0.5) is 0 Å². The summed E-state index contributed by atoms with van der Waals surface area (Å²) in [5, 5.41) is 9.40. The highest BCUT2D eigenvalue weighted by molar-refractivity contribution is 7.99. The molecular weight excluding hydrogens is 244 g/mol. The predicted octanol–water partition coefficient (Wildman–Crippen LogP) is 2.06. The van der Waals surface area contributed by atoms with Crippen LogP contribution in [0.5, 0.6) is 0 Å². The third-order valence-corrected chi connectivity index (χ3v) is 3.85. The third kappa shape index (κ3) is 4.49. The van der Waals surface area contributed by atoms with Gasteiger partial charge in [-0.25, -0.2) is 4.98 Å². The van der Waals surface area contributed by atoms with Crippen molar-refractivity contribution >= 4 is 29.5 Å². The molecule has 0 aliphatic rings. The first-order chi connectivity index (χ1) is 7.63. The van der Waals surface area contributed by atoms with Gasteiger partial charge in [0, 0.05) is 18.9 Å². The van der Waals surface area contributed by atoms with E-state index in [1.54, 1.807) is 6.20 Å². The number of aliphatic carboxylic acids is 1. The molecule has 0 spiro atoms. The Balaban J connectivity index is 2.52. The molecule has 0 amide bonds. The fraction of sp³-hybridized carbons (Fsp3) is 0.600. The summed E-state index contributed by atoms with van der Waals surface area (Å²) in [6.45, 7) is 3.07. The van der Waals surface area contributed by atoms with Crippen molar-refractivity contribution in [1.29, 1.82) is 0 Å². The van der Waals surface area contributed by atoms with E-state index in [0.29, 0.717) is 5.92 Å². The monoisotopic (exact) mass is 260 g/mol. The van der Waals surface area contributed by atoms with E-state index < -0.39 is 5.97 Å². The SMILES string of the molecule is CSCC(C)Cn1ccnc1SCC(=O)O. The van der Waals surface area contributed by atoms with E-state index in [1.807, 2.05) is 22.5 Å². The quantitative estimate of drug-likeness (QED) is 0.761. The van der Waals surface area contributed by atoms with Gasteiger partial charge in [0.2, 0.25) is 0 Å². The molecule has 0 aliphatic heterocycles. The summed E-state index contributed by atoms with van der Waals surface area (Å²) in [7, 11) is 0. The molecule has 90 valence electrons. The standard InChI is InChI=1S/C10H16N2O2S2/c1-8(6-15-2)5-12-4-3-11-10(12)16-7-9(13)14/h3-4,8H,5-7H2,1-2H3,(H,13,14). The van der Waals surface area contributed by atoms with Crippen molar-refractivity contribution in [3.8, 4) is 0 Å². The van der Waals surface area contributed by atoms with Gasteiger partial charge >= 0.3 is 5.97 Å². The minimum atomic E-state index is -0.809. The Morgan fingerprint density at radius 3 is 3.06 bits per heavy atom. The van der Waals surface area contributed by atoms with E-state index in [0.717, 1.165) is 17.5 Å². The Hall–Kier alpha value is -0.620. The average Bonchev–Trinajstić information content (AvgIpc) is 2.62. The molecule has 0 bridgehead atoms. The van der Waals surface area contributed by atoms with E-state index >= 15 is 0 Å². The number of hydrogen-bond donors (Lipinski definition) is 1. The molecule has 1 atom stereocenters. The minimum Gasteiger partial charge on any atom is -0.481 e. The Kier molecular flexibility index (Phi) is 5.76. The van der Waals surface area contributed by atoms with Crippen molar-refractivity contribution in [1.82, 2.24) is 9.55 Å². The Bertz CT molecular complexity index is 341. The van der Waals surface area contributed by atoms with Gasteiger partial charge in [0.25, 0.3) is 0 Å². The first kappa shape index (κ1) is 13.4. The summed E-state index contributed by atoms with van der Waals surface area (Å²) < 4.78 is 2.02. The number of carboxylic acids is 1. The van der Waals surface area contributed by atoms with Crippen LogP contribution in [0.15, 0.2) is 17.6 Å². The molecule has 1 aromatic heterocycles. The molecule has 6 heteroatoms. The number of imidazole rings is 1. The number of nitrogens with zero attached hydrogens (tertiary/aromatic N) is 2. The normalized spacial score (nSPS) is 12.6. The highest BCUT2D eigenvalue weighted by Gasteiger charge is 2.09. The van der Waals surface area contributed by atoms with E-state index in [4.69, 9.17) is 5.11 Å². The summed E-state index contributed by atoms with van der Waals surface area (Å²) in [4.78, 5) is 14.6. The lowest BCUT2D eigenvalue weighted by atomic mass is 10.2. The lowest BCUT2D eigenvalue weighted by Gasteiger charge is -2.12. The number of thioether (sulfide) groups is 2. The van der Waals surface area contributed by atoms with Crippen LogP contribution in [0, 0.1) is 5.92 Å². The lowest BCUT2D eigenvalue weighted by molar-refractivity contribution is -0.133. The molecule has 0 radical (unpaired) electrons. The summed E-state index contributed by atoms with van der Waals surface area (Å²) in [5.41, 5.74) is 0. The highest BCUT2D eigenvalue weighted by atomic mass is 32.2. The molecule has 1 N–H and O–H groups in total. The van der Waals surface area contributed by atoms with Crippen LogP contribution < -0.4 is 0 Å². The van der Waals surface area contributed by atoms with Gasteiger partial charge in [-0.15, -0.1) is 0 Å². The topological polar surface area (TPSA) is 55.1 Å². The molecule has 1 aromatic rings. The Morgan fingerprint density at radius 1 is 1.69 bits per heavy atom. The van der Waals surface area contributed by atoms with Crippen LogP contribution in [0.3, 0.4) is 0 Å². The van der Waals surface area contributed by atoms with E-state index in [-0.39, 0.29) is 5.75 Å². The largest absolute Gasteiger partial charge is 0.481 e. The van der Waals surface area contributed by atoms with Crippen molar-refractivity contribution < 1.29 is 9.90 Å². The molecule has 1 heterocycles. The molecule has 1 unspecified atom stereocenters. The fourth-order valence-corrected chi connectivity index (χ4v) is 2.74. The van der Waals surface area contributed by atoms with Gasteiger partial charge in [0.15, 0.2) is 5.16 Å². The maximum Gasteiger partial charge on any atom is 0.313 e. The second-order valence-electron chi connectivity index (χ2n) is 3.61. The molecule has 1 rings (SSSR count). The number of rotatable bonds is 7. The van der Waals surface area contributed by atoms with Crippen molar-refractivity contribution in [3.05, 3.63) is 12.4 Å². The van der Waals surface area contributed by atoms with Crippen LogP contribution in [-0.2, 0) is 11.3 Å². The van der Waals surface area contributed by atoms with Gasteiger partial charge in [0.05, 0.1) is 5.75 Å². The number of carbonyl (C=O) groups is 1. The molecule has 0 aromatic carbocycles. The van der Waals surface area contributed by atoms with Gasteiger partial charge in [-0.05, 0) is 17.9 Å². The van der Waals surface area contributed by atoms with Crippen LogP contribution in [-0.4, -0.2) is 38.4 Å². The molecule has 0 saturated heterocycles. The first-order valence-corrected chi connectivity index (χ1v) is 7.36. The molecule has 0 fully saturated rings. The summed E-state index contributed by atoms with van der Waals surface area (Å²) >= 11 is 3.09. The number of carboxylic acid groups (broad SMARTS) is 1. The average molecular weight is 260 g/mol. The Morgan fingerprint density at radius 2 is 2.44 bits per heavy atom. The molecule has 0 saturated carbocycles. The second kappa shape index (κ2) is 6.85. The summed E-state index contributed by atoms with van der Waals surface area (Å²) in [6, 6.07) is 0. The molecule has 0 aliphatic carbocycles.